The summed E-state index contributed by atoms with van der Waals surface area (Å²) in [6.07, 6.45) is 6.69. The van der Waals surface area contributed by atoms with Crippen molar-refractivity contribution in [3.63, 3.8) is 0 Å². The minimum absolute atomic E-state index is 0.368. The first-order valence-corrected chi connectivity index (χ1v) is 9.63. The fourth-order valence-corrected chi connectivity index (χ4v) is 3.73. The maximum atomic E-state index is 15.6. The van der Waals surface area contributed by atoms with Gasteiger partial charge in [0.2, 0.25) is 0 Å². The zero-order chi connectivity index (χ0) is 20.8. The Morgan fingerprint density at radius 3 is 2.61 bits per heavy atom. The number of H-pyrrole nitrogens is 2. The first-order valence-electron chi connectivity index (χ1n) is 9.63. The van der Waals surface area contributed by atoms with Gasteiger partial charge < -0.3 is 4.98 Å². The Bertz CT molecular complexity index is 1540. The largest absolute Gasteiger partial charge is 0.336 e. The molecule has 0 spiro atoms. The Kier molecular flexibility index (Phi) is 3.82. The average Bonchev–Trinajstić information content (AvgIpc) is 3.45. The number of aromatic nitrogens is 7. The molecule has 0 saturated carbocycles. The summed E-state index contributed by atoms with van der Waals surface area (Å²) in [5, 5.41) is 7.62. The van der Waals surface area contributed by atoms with E-state index in [-0.39, 0.29) is 5.82 Å². The normalized spacial score (nSPS) is 11.4. The molecular formula is C23H14FN7. The molecule has 0 fully saturated rings. The molecule has 8 heteroatoms. The number of benzene rings is 1. The van der Waals surface area contributed by atoms with E-state index in [2.05, 4.69) is 30.1 Å². The van der Waals surface area contributed by atoms with Crippen molar-refractivity contribution < 1.29 is 4.39 Å². The Balaban J connectivity index is 1.56. The lowest BCUT2D eigenvalue weighted by atomic mass is 10.0. The quantitative estimate of drug-likeness (QED) is 0.441. The lowest BCUT2D eigenvalue weighted by molar-refractivity contribution is 0.643. The lowest BCUT2D eigenvalue weighted by Gasteiger charge is -2.04. The third-order valence-electron chi connectivity index (χ3n) is 5.17. The van der Waals surface area contributed by atoms with Gasteiger partial charge in [0.1, 0.15) is 22.7 Å². The van der Waals surface area contributed by atoms with Crippen molar-refractivity contribution in [2.45, 2.75) is 0 Å². The fraction of sp³-hybridized carbons (Fsp3) is 0. The molecule has 6 rings (SSSR count). The van der Waals surface area contributed by atoms with Gasteiger partial charge in [-0.15, -0.1) is 0 Å². The molecule has 2 N–H and O–H groups in total. The van der Waals surface area contributed by atoms with Gasteiger partial charge in [0.15, 0.2) is 5.82 Å². The number of nitrogens with zero attached hydrogens (tertiary/aromatic N) is 5. The first-order chi connectivity index (χ1) is 15.3. The van der Waals surface area contributed by atoms with Gasteiger partial charge in [-0.3, -0.25) is 20.1 Å². The maximum Gasteiger partial charge on any atom is 0.159 e. The van der Waals surface area contributed by atoms with Gasteiger partial charge in [0, 0.05) is 35.9 Å². The van der Waals surface area contributed by atoms with Crippen LogP contribution in [0.15, 0.2) is 73.3 Å². The molecule has 0 unspecified atom stereocenters. The monoisotopic (exact) mass is 407 g/mol. The molecule has 0 bridgehead atoms. The summed E-state index contributed by atoms with van der Waals surface area (Å²) < 4.78 is 15.6. The van der Waals surface area contributed by atoms with Crippen molar-refractivity contribution in [2.75, 3.05) is 0 Å². The second-order valence-electron chi connectivity index (χ2n) is 7.02. The molecule has 0 aliphatic rings. The van der Waals surface area contributed by atoms with E-state index in [4.69, 9.17) is 4.98 Å². The summed E-state index contributed by atoms with van der Waals surface area (Å²) in [5.74, 6) is 0.0754. The first kappa shape index (κ1) is 17.4. The van der Waals surface area contributed by atoms with Crippen LogP contribution in [0, 0.1) is 5.82 Å². The molecule has 0 aliphatic carbocycles. The molecule has 6 aromatic rings. The van der Waals surface area contributed by atoms with Crippen LogP contribution >= 0.6 is 0 Å². The summed E-state index contributed by atoms with van der Waals surface area (Å²) in [6, 6.07) is 14.6. The molecule has 7 nitrogen and oxygen atoms in total. The minimum Gasteiger partial charge on any atom is -0.336 e. The third-order valence-corrected chi connectivity index (χ3v) is 5.17. The average molecular weight is 407 g/mol. The van der Waals surface area contributed by atoms with Gasteiger partial charge >= 0.3 is 0 Å². The Hall–Kier alpha value is -4.46. The van der Waals surface area contributed by atoms with Crippen molar-refractivity contribution in [2.24, 2.45) is 0 Å². The lowest BCUT2D eigenvalue weighted by Crippen LogP contribution is -1.89. The standard InChI is InChI=1S/C23H14FN7/c24-19-14(13-4-3-9-25-12-13)6-7-15-18(19)22(31-30-15)23-28-17-8-11-27-20(21(17)29-23)16-5-1-2-10-26-16/h1-12H,(H,28,29)(H,30,31). The van der Waals surface area contributed by atoms with E-state index in [1.54, 1.807) is 43.0 Å². The highest BCUT2D eigenvalue weighted by Gasteiger charge is 2.20. The zero-order valence-corrected chi connectivity index (χ0v) is 16.0. The summed E-state index contributed by atoms with van der Waals surface area (Å²) in [6.45, 7) is 0. The van der Waals surface area contributed by atoms with Crippen molar-refractivity contribution in [3.8, 4) is 34.0 Å². The fourth-order valence-electron chi connectivity index (χ4n) is 3.73. The number of fused-ring (bicyclic) bond motifs is 2. The van der Waals surface area contributed by atoms with Gasteiger partial charge in [-0.25, -0.2) is 9.37 Å². The number of hydrogen-bond acceptors (Lipinski definition) is 5. The number of imidazole rings is 1. The molecule has 5 heterocycles. The minimum atomic E-state index is -0.377. The van der Waals surface area contributed by atoms with Crippen LogP contribution in [0.4, 0.5) is 4.39 Å². The molecule has 0 radical (unpaired) electrons. The summed E-state index contributed by atoms with van der Waals surface area (Å²) in [7, 11) is 0. The number of halogens is 1. The summed E-state index contributed by atoms with van der Waals surface area (Å²) >= 11 is 0. The maximum absolute atomic E-state index is 15.6. The van der Waals surface area contributed by atoms with Gasteiger partial charge in [0.05, 0.1) is 22.1 Å². The summed E-state index contributed by atoms with van der Waals surface area (Å²) in [4.78, 5) is 20.9. The van der Waals surface area contributed by atoms with E-state index in [0.29, 0.717) is 50.5 Å². The Labute approximate surface area is 175 Å². The highest BCUT2D eigenvalue weighted by atomic mass is 19.1. The van der Waals surface area contributed by atoms with Gasteiger partial charge in [-0.2, -0.15) is 5.10 Å². The van der Waals surface area contributed by atoms with Gasteiger partial charge in [0.25, 0.3) is 0 Å². The molecule has 0 amide bonds. The molecule has 31 heavy (non-hydrogen) atoms. The summed E-state index contributed by atoms with van der Waals surface area (Å²) in [5.41, 5.74) is 4.92. The molecule has 5 aromatic heterocycles. The predicted octanol–water partition coefficient (Wildman–Crippen LogP) is 4.76. The number of pyridine rings is 3. The van der Waals surface area contributed by atoms with Gasteiger partial charge in [-0.05, 0) is 36.4 Å². The number of rotatable bonds is 3. The Morgan fingerprint density at radius 2 is 1.77 bits per heavy atom. The third kappa shape index (κ3) is 2.77. The van der Waals surface area contributed by atoms with E-state index in [1.807, 2.05) is 30.3 Å². The molecule has 0 atom stereocenters. The van der Waals surface area contributed by atoms with Crippen LogP contribution < -0.4 is 0 Å². The van der Waals surface area contributed by atoms with Crippen molar-refractivity contribution in [1.82, 2.24) is 35.1 Å². The zero-order valence-electron chi connectivity index (χ0n) is 16.0. The Morgan fingerprint density at radius 1 is 0.806 bits per heavy atom. The molecule has 148 valence electrons. The predicted molar refractivity (Wildman–Crippen MR) is 115 cm³/mol. The van der Waals surface area contributed by atoms with E-state index < -0.39 is 0 Å². The van der Waals surface area contributed by atoms with Crippen LogP contribution in [0.25, 0.3) is 56.0 Å². The molecular weight excluding hydrogens is 393 g/mol. The SMILES string of the molecule is Fc1c(-c2cccnc2)ccc2[nH]nc(-c3nc4c(-c5ccccn5)nccc4[nH]3)c12. The van der Waals surface area contributed by atoms with Crippen LogP contribution in [0.2, 0.25) is 0 Å². The van der Waals surface area contributed by atoms with Crippen LogP contribution in [0.5, 0.6) is 0 Å². The highest BCUT2D eigenvalue weighted by Crippen LogP contribution is 2.34. The van der Waals surface area contributed by atoms with Crippen LogP contribution in [-0.2, 0) is 0 Å². The molecule has 1 aromatic carbocycles. The number of nitrogens with one attached hydrogen (secondary N) is 2. The van der Waals surface area contributed by atoms with E-state index in [0.717, 1.165) is 5.52 Å². The van der Waals surface area contributed by atoms with Crippen LogP contribution in [0.1, 0.15) is 0 Å². The second-order valence-corrected chi connectivity index (χ2v) is 7.02. The van der Waals surface area contributed by atoms with Gasteiger partial charge in [-0.1, -0.05) is 12.1 Å². The second kappa shape index (κ2) is 6.81. The highest BCUT2D eigenvalue weighted by molar-refractivity contribution is 5.97. The van der Waals surface area contributed by atoms with E-state index in [9.17, 15) is 0 Å². The van der Waals surface area contributed by atoms with Crippen LogP contribution in [0.3, 0.4) is 0 Å². The topological polar surface area (TPSA) is 96.0 Å². The smallest absolute Gasteiger partial charge is 0.159 e. The number of hydrogen-bond donors (Lipinski definition) is 2. The van der Waals surface area contributed by atoms with Crippen molar-refractivity contribution in [3.05, 3.63) is 79.1 Å². The van der Waals surface area contributed by atoms with Crippen molar-refractivity contribution >= 4 is 21.9 Å². The molecule has 0 saturated heterocycles. The molecule has 0 aliphatic heterocycles. The number of aromatic amines is 2. The van der Waals surface area contributed by atoms with E-state index in [1.165, 1.54) is 0 Å². The van der Waals surface area contributed by atoms with E-state index >= 15 is 4.39 Å². The van der Waals surface area contributed by atoms with Crippen molar-refractivity contribution in [1.29, 1.82) is 0 Å². The van der Waals surface area contributed by atoms with Crippen LogP contribution in [-0.4, -0.2) is 35.1 Å².